The minimum Gasteiger partial charge on any atom is -0.396 e. The van der Waals surface area contributed by atoms with Gasteiger partial charge in [0.2, 0.25) is 0 Å². The third-order valence-electron chi connectivity index (χ3n) is 3.43. The van der Waals surface area contributed by atoms with Crippen molar-refractivity contribution in [3.63, 3.8) is 0 Å². The van der Waals surface area contributed by atoms with Crippen LogP contribution in [0.3, 0.4) is 0 Å². The van der Waals surface area contributed by atoms with Crippen molar-refractivity contribution in [1.29, 1.82) is 0 Å². The second-order valence-electron chi connectivity index (χ2n) is 4.13. The quantitative estimate of drug-likeness (QED) is 0.691. The van der Waals surface area contributed by atoms with Gasteiger partial charge in [0.25, 0.3) is 0 Å². The molecule has 1 aliphatic rings. The number of hydrogen-bond donors (Lipinski definition) is 2. The first-order valence-corrected chi connectivity index (χ1v) is 6.74. The summed E-state index contributed by atoms with van der Waals surface area (Å²) in [5.74, 6) is 0.217. The topological polar surface area (TPSA) is 74.6 Å². The average molecular weight is 222 g/mol. The molecule has 0 aromatic heterocycles. The van der Waals surface area contributed by atoms with Gasteiger partial charge >= 0.3 is 0 Å². The summed E-state index contributed by atoms with van der Waals surface area (Å²) in [6.07, 6.45) is 1.18. The molecule has 1 heterocycles. The van der Waals surface area contributed by atoms with Crippen molar-refractivity contribution < 1.29 is 18.6 Å². The van der Waals surface area contributed by atoms with Crippen LogP contribution in [0.25, 0.3) is 0 Å². The lowest BCUT2D eigenvalue weighted by atomic mass is 9.74. The molecule has 4 nitrogen and oxygen atoms in total. The minimum absolute atomic E-state index is 0.0903. The summed E-state index contributed by atoms with van der Waals surface area (Å²) in [6, 6.07) is 0. The molecule has 0 spiro atoms. The van der Waals surface area contributed by atoms with Gasteiger partial charge in [-0.25, -0.2) is 8.42 Å². The van der Waals surface area contributed by atoms with Crippen molar-refractivity contribution in [1.82, 2.24) is 0 Å². The van der Waals surface area contributed by atoms with E-state index in [1.807, 2.05) is 6.92 Å². The van der Waals surface area contributed by atoms with Gasteiger partial charge in [-0.2, -0.15) is 0 Å². The van der Waals surface area contributed by atoms with Crippen molar-refractivity contribution >= 4 is 9.84 Å². The van der Waals surface area contributed by atoms with Gasteiger partial charge in [0, 0.05) is 5.41 Å². The number of rotatable bonds is 4. The third-order valence-corrected chi connectivity index (χ3v) is 5.20. The monoisotopic (exact) mass is 222 g/mol. The van der Waals surface area contributed by atoms with Crippen molar-refractivity contribution in [3.05, 3.63) is 0 Å². The van der Waals surface area contributed by atoms with Crippen LogP contribution < -0.4 is 0 Å². The predicted octanol–water partition coefficient (Wildman–Crippen LogP) is -0.198. The van der Waals surface area contributed by atoms with E-state index >= 15 is 0 Å². The number of sulfone groups is 1. The Balaban J connectivity index is 2.82. The first-order chi connectivity index (χ1) is 6.49. The van der Waals surface area contributed by atoms with Crippen LogP contribution in [-0.4, -0.2) is 43.4 Å². The van der Waals surface area contributed by atoms with Crippen LogP contribution in [0.15, 0.2) is 0 Å². The fraction of sp³-hybridized carbons (Fsp3) is 1.00. The van der Waals surface area contributed by atoms with Crippen LogP contribution in [-0.2, 0) is 9.84 Å². The second kappa shape index (κ2) is 4.16. The number of aliphatic hydroxyl groups is 2. The molecule has 2 N–H and O–H groups in total. The van der Waals surface area contributed by atoms with Crippen LogP contribution in [0.2, 0.25) is 0 Å². The van der Waals surface area contributed by atoms with E-state index in [-0.39, 0.29) is 30.6 Å². The highest BCUT2D eigenvalue weighted by atomic mass is 32.2. The van der Waals surface area contributed by atoms with Crippen LogP contribution in [0.1, 0.15) is 19.8 Å². The van der Waals surface area contributed by atoms with Gasteiger partial charge in [-0.15, -0.1) is 0 Å². The molecule has 1 fully saturated rings. The zero-order valence-corrected chi connectivity index (χ0v) is 9.26. The van der Waals surface area contributed by atoms with Crippen LogP contribution in [0.4, 0.5) is 0 Å². The Labute approximate surface area is 84.9 Å². The fourth-order valence-electron chi connectivity index (χ4n) is 2.10. The summed E-state index contributed by atoms with van der Waals surface area (Å²) in [5, 5.41) is 18.5. The van der Waals surface area contributed by atoms with E-state index in [9.17, 15) is 18.6 Å². The van der Waals surface area contributed by atoms with Crippen molar-refractivity contribution in [2.24, 2.45) is 11.3 Å². The molecule has 0 radical (unpaired) electrons. The molecule has 1 unspecified atom stereocenters. The molecule has 1 saturated heterocycles. The summed E-state index contributed by atoms with van der Waals surface area (Å²) < 4.78 is 22.5. The lowest BCUT2D eigenvalue weighted by molar-refractivity contribution is 0.00911. The lowest BCUT2D eigenvalue weighted by Crippen LogP contribution is -2.38. The van der Waals surface area contributed by atoms with E-state index in [2.05, 4.69) is 0 Å². The summed E-state index contributed by atoms with van der Waals surface area (Å²) in [7, 11) is -2.93. The minimum atomic E-state index is -2.93. The summed E-state index contributed by atoms with van der Waals surface area (Å²) in [5.41, 5.74) is -0.608. The zero-order chi connectivity index (χ0) is 10.8. The molecule has 84 valence electrons. The van der Waals surface area contributed by atoms with E-state index in [4.69, 9.17) is 0 Å². The van der Waals surface area contributed by atoms with E-state index in [1.54, 1.807) is 0 Å². The van der Waals surface area contributed by atoms with Crippen molar-refractivity contribution in [3.8, 4) is 0 Å². The largest absolute Gasteiger partial charge is 0.396 e. The Kier molecular flexibility index (Phi) is 3.55. The molecular formula is C9H18O4S. The SMILES string of the molecule is CCC(CO)(CO)C1CCS(=O)(=O)C1. The third kappa shape index (κ3) is 2.10. The van der Waals surface area contributed by atoms with Gasteiger partial charge in [0.1, 0.15) is 0 Å². The molecule has 0 amide bonds. The summed E-state index contributed by atoms with van der Waals surface area (Å²) in [6.45, 7) is 1.59. The Hall–Kier alpha value is -0.130. The Morgan fingerprint density at radius 3 is 2.21 bits per heavy atom. The molecule has 1 atom stereocenters. The molecule has 14 heavy (non-hydrogen) atoms. The maximum absolute atomic E-state index is 11.3. The van der Waals surface area contributed by atoms with E-state index in [0.717, 1.165) is 0 Å². The fourth-order valence-corrected chi connectivity index (χ4v) is 4.04. The van der Waals surface area contributed by atoms with Gasteiger partial charge < -0.3 is 10.2 Å². The van der Waals surface area contributed by atoms with E-state index in [0.29, 0.717) is 12.8 Å². The Morgan fingerprint density at radius 1 is 1.36 bits per heavy atom. The molecule has 5 heteroatoms. The lowest BCUT2D eigenvalue weighted by Gasteiger charge is -2.34. The number of hydrogen-bond acceptors (Lipinski definition) is 4. The smallest absolute Gasteiger partial charge is 0.150 e. The second-order valence-corrected chi connectivity index (χ2v) is 6.36. The van der Waals surface area contributed by atoms with Crippen LogP contribution >= 0.6 is 0 Å². The highest BCUT2D eigenvalue weighted by molar-refractivity contribution is 7.91. The van der Waals surface area contributed by atoms with Gasteiger partial charge in [-0.3, -0.25) is 0 Å². The van der Waals surface area contributed by atoms with Gasteiger partial charge in [-0.05, 0) is 18.8 Å². The van der Waals surface area contributed by atoms with Crippen molar-refractivity contribution in [2.45, 2.75) is 19.8 Å². The average Bonchev–Trinajstić information content (AvgIpc) is 2.51. The van der Waals surface area contributed by atoms with Gasteiger partial charge in [0.15, 0.2) is 9.84 Å². The zero-order valence-electron chi connectivity index (χ0n) is 8.44. The normalized spacial score (nSPS) is 26.6. The molecule has 1 aliphatic heterocycles. The summed E-state index contributed by atoms with van der Waals surface area (Å²) in [4.78, 5) is 0. The molecule has 0 bridgehead atoms. The van der Waals surface area contributed by atoms with Gasteiger partial charge in [0.05, 0.1) is 24.7 Å². The standard InChI is InChI=1S/C9H18O4S/c1-2-9(6-10,7-11)8-3-4-14(12,13)5-8/h8,10-11H,2-7H2,1H3. The predicted molar refractivity (Wildman–Crippen MR) is 53.7 cm³/mol. The van der Waals surface area contributed by atoms with Crippen molar-refractivity contribution in [2.75, 3.05) is 24.7 Å². The molecule has 1 rings (SSSR count). The Morgan fingerprint density at radius 2 is 1.93 bits per heavy atom. The molecular weight excluding hydrogens is 204 g/mol. The maximum Gasteiger partial charge on any atom is 0.150 e. The first kappa shape index (κ1) is 11.9. The van der Waals surface area contributed by atoms with E-state index < -0.39 is 15.3 Å². The van der Waals surface area contributed by atoms with Gasteiger partial charge in [-0.1, -0.05) is 6.92 Å². The number of aliphatic hydroxyl groups excluding tert-OH is 2. The Bertz CT molecular complexity index is 271. The molecule has 0 aromatic rings. The highest BCUT2D eigenvalue weighted by Gasteiger charge is 2.42. The molecule has 0 aliphatic carbocycles. The molecule has 0 aromatic carbocycles. The summed E-state index contributed by atoms with van der Waals surface area (Å²) >= 11 is 0. The first-order valence-electron chi connectivity index (χ1n) is 4.92. The van der Waals surface area contributed by atoms with Crippen LogP contribution in [0.5, 0.6) is 0 Å². The maximum atomic E-state index is 11.3. The van der Waals surface area contributed by atoms with Crippen LogP contribution in [0, 0.1) is 11.3 Å². The molecule has 0 saturated carbocycles. The highest BCUT2D eigenvalue weighted by Crippen LogP contribution is 2.38. The van der Waals surface area contributed by atoms with E-state index in [1.165, 1.54) is 0 Å².